The Morgan fingerprint density at radius 2 is 1.49 bits per heavy atom. The summed E-state index contributed by atoms with van der Waals surface area (Å²) in [6.45, 7) is -0.743. The Morgan fingerprint density at radius 1 is 0.872 bits per heavy atom. The van der Waals surface area contributed by atoms with Gasteiger partial charge in [-0.3, -0.25) is 4.79 Å². The number of ether oxygens (including phenoxy) is 2. The summed E-state index contributed by atoms with van der Waals surface area (Å²) in [4.78, 5) is 13.4. The summed E-state index contributed by atoms with van der Waals surface area (Å²) in [5.41, 5.74) is 2.89. The van der Waals surface area contributed by atoms with Crippen LogP contribution in [0.3, 0.4) is 0 Å². The average molecular weight is 573 g/mol. The third-order valence-electron chi connectivity index (χ3n) is 6.15. The number of hydrazone groups is 1. The molecule has 0 aromatic heterocycles. The topological polar surface area (TPSA) is 135 Å². The zero-order valence-electron chi connectivity index (χ0n) is 21.3. The van der Waals surface area contributed by atoms with Gasteiger partial charge in [-0.25, -0.2) is 22.3 Å². The van der Waals surface area contributed by atoms with Crippen LogP contribution in [0, 0.1) is 0 Å². The van der Waals surface area contributed by atoms with Crippen LogP contribution in [-0.4, -0.2) is 77.5 Å². The van der Waals surface area contributed by atoms with Gasteiger partial charge in [-0.1, -0.05) is 36.4 Å². The second-order valence-electron chi connectivity index (χ2n) is 8.46. The standard InChI is InChI=1S/C26H28N4O7S2/c1-36-21-14-13-20(25(17-21)37-2)18-27-28-26(31)24-19-29(38(32,33)22-9-5-3-6-10-22)15-16-30(24)39(34,35)23-11-7-4-8-12-23/h3-14,17-18,24H,15-16,19H2,1-2H3,(H,28,31)/b27-18-/t24-/m1/s1. The van der Waals surface area contributed by atoms with E-state index in [1.807, 2.05) is 0 Å². The lowest BCUT2D eigenvalue weighted by atomic mass is 10.2. The fraction of sp³-hybridized carbons (Fsp3) is 0.231. The summed E-state index contributed by atoms with van der Waals surface area (Å²) in [5.74, 6) is 0.223. The summed E-state index contributed by atoms with van der Waals surface area (Å²) >= 11 is 0. The van der Waals surface area contributed by atoms with Gasteiger partial charge in [-0.05, 0) is 36.4 Å². The number of rotatable bonds is 9. The number of methoxy groups -OCH3 is 2. The number of hydrogen-bond acceptors (Lipinski definition) is 8. The smallest absolute Gasteiger partial charge is 0.259 e. The summed E-state index contributed by atoms with van der Waals surface area (Å²) in [6.07, 6.45) is 1.34. The molecule has 0 aliphatic carbocycles. The number of hydrogen-bond donors (Lipinski definition) is 1. The van der Waals surface area contributed by atoms with E-state index >= 15 is 0 Å². The molecule has 0 radical (unpaired) electrons. The molecule has 13 heteroatoms. The van der Waals surface area contributed by atoms with Crippen molar-refractivity contribution in [1.82, 2.24) is 14.0 Å². The Labute approximate surface area is 227 Å². The molecule has 1 atom stereocenters. The molecule has 1 amide bonds. The molecule has 11 nitrogen and oxygen atoms in total. The van der Waals surface area contributed by atoms with Crippen LogP contribution in [0.25, 0.3) is 0 Å². The fourth-order valence-corrected chi connectivity index (χ4v) is 7.15. The number of carbonyl (C=O) groups excluding carboxylic acids is 1. The highest BCUT2D eigenvalue weighted by Crippen LogP contribution is 2.26. The first-order chi connectivity index (χ1) is 18.7. The Bertz CT molecular complexity index is 1550. The average Bonchev–Trinajstić information content (AvgIpc) is 2.97. The lowest BCUT2D eigenvalue weighted by Gasteiger charge is -2.38. The maximum Gasteiger partial charge on any atom is 0.259 e. The molecule has 1 aliphatic heterocycles. The molecule has 1 aliphatic rings. The first-order valence-corrected chi connectivity index (χ1v) is 14.7. The second kappa shape index (κ2) is 11.9. The van der Waals surface area contributed by atoms with Crippen LogP contribution < -0.4 is 14.9 Å². The molecule has 3 aromatic carbocycles. The van der Waals surface area contributed by atoms with Gasteiger partial charge in [0.2, 0.25) is 20.0 Å². The molecule has 0 bridgehead atoms. The van der Waals surface area contributed by atoms with Crippen LogP contribution in [0.4, 0.5) is 0 Å². The van der Waals surface area contributed by atoms with Crippen LogP contribution in [-0.2, 0) is 24.8 Å². The van der Waals surface area contributed by atoms with Gasteiger partial charge in [0.05, 0.1) is 30.2 Å². The maximum absolute atomic E-state index is 13.5. The van der Waals surface area contributed by atoms with Gasteiger partial charge in [0.15, 0.2) is 0 Å². The van der Waals surface area contributed by atoms with E-state index in [1.165, 1.54) is 44.7 Å². The Hall–Kier alpha value is -3.78. The molecule has 1 N–H and O–H groups in total. The SMILES string of the molecule is COc1ccc(/C=N\NC(=O)[C@H]2CN(S(=O)(=O)c3ccccc3)CCN2S(=O)(=O)c2ccccc2)c(OC)c1. The van der Waals surface area contributed by atoms with Crippen LogP contribution in [0.5, 0.6) is 11.5 Å². The van der Waals surface area contributed by atoms with Crippen molar-refractivity contribution >= 4 is 32.2 Å². The zero-order chi connectivity index (χ0) is 28.0. The van der Waals surface area contributed by atoms with Crippen molar-refractivity contribution in [2.75, 3.05) is 33.9 Å². The molecule has 0 saturated carbocycles. The monoisotopic (exact) mass is 572 g/mol. The lowest BCUT2D eigenvalue weighted by molar-refractivity contribution is -0.125. The minimum atomic E-state index is -4.12. The Balaban J connectivity index is 1.62. The minimum absolute atomic E-state index is 0.00589. The Kier molecular flexibility index (Phi) is 8.65. The van der Waals surface area contributed by atoms with E-state index in [0.717, 1.165) is 8.61 Å². The highest BCUT2D eigenvalue weighted by Gasteiger charge is 2.43. The van der Waals surface area contributed by atoms with Gasteiger partial charge in [-0.2, -0.15) is 13.7 Å². The molecule has 206 valence electrons. The molecule has 0 spiro atoms. The summed E-state index contributed by atoms with van der Waals surface area (Å²) < 4.78 is 66.1. The number of nitrogens with one attached hydrogen (secondary N) is 1. The number of amides is 1. The molecule has 1 fully saturated rings. The van der Waals surface area contributed by atoms with E-state index in [1.54, 1.807) is 54.6 Å². The van der Waals surface area contributed by atoms with E-state index in [0.29, 0.717) is 17.1 Å². The highest BCUT2D eigenvalue weighted by molar-refractivity contribution is 7.89. The number of sulfonamides is 2. The van der Waals surface area contributed by atoms with Gasteiger partial charge in [0, 0.05) is 31.3 Å². The number of piperazine rings is 1. The van der Waals surface area contributed by atoms with Crippen LogP contribution in [0.15, 0.2) is 93.8 Å². The van der Waals surface area contributed by atoms with Gasteiger partial charge in [0.25, 0.3) is 5.91 Å². The quantitative estimate of drug-likeness (QED) is 0.306. The molecule has 4 rings (SSSR count). The number of benzene rings is 3. The summed E-state index contributed by atoms with van der Waals surface area (Å²) in [6, 6.07) is 19.1. The first-order valence-electron chi connectivity index (χ1n) is 11.9. The molecular formula is C26H28N4O7S2. The van der Waals surface area contributed by atoms with Crippen molar-refractivity contribution in [1.29, 1.82) is 0 Å². The maximum atomic E-state index is 13.5. The zero-order valence-corrected chi connectivity index (χ0v) is 22.9. The largest absolute Gasteiger partial charge is 0.497 e. The third kappa shape index (κ3) is 6.11. The molecule has 0 unspecified atom stereocenters. The van der Waals surface area contributed by atoms with Crippen molar-refractivity contribution < 1.29 is 31.1 Å². The first kappa shape index (κ1) is 28.2. The minimum Gasteiger partial charge on any atom is -0.497 e. The predicted octanol–water partition coefficient (Wildman–Crippen LogP) is 1.92. The van der Waals surface area contributed by atoms with Crippen molar-refractivity contribution in [2.45, 2.75) is 15.8 Å². The van der Waals surface area contributed by atoms with E-state index < -0.39 is 38.5 Å². The van der Waals surface area contributed by atoms with E-state index in [-0.39, 0.29) is 22.9 Å². The van der Waals surface area contributed by atoms with Crippen molar-refractivity contribution in [2.24, 2.45) is 5.10 Å². The van der Waals surface area contributed by atoms with Gasteiger partial charge < -0.3 is 9.47 Å². The van der Waals surface area contributed by atoms with Crippen molar-refractivity contribution in [3.05, 3.63) is 84.4 Å². The van der Waals surface area contributed by atoms with E-state index in [2.05, 4.69) is 10.5 Å². The van der Waals surface area contributed by atoms with Gasteiger partial charge in [0.1, 0.15) is 17.5 Å². The third-order valence-corrected chi connectivity index (χ3v) is 9.95. The Morgan fingerprint density at radius 3 is 2.08 bits per heavy atom. The van der Waals surface area contributed by atoms with Crippen molar-refractivity contribution in [3.8, 4) is 11.5 Å². The van der Waals surface area contributed by atoms with Crippen LogP contribution in [0.2, 0.25) is 0 Å². The summed E-state index contributed by atoms with van der Waals surface area (Å²) in [5, 5.41) is 3.98. The molecule has 1 heterocycles. The normalized spacial score (nSPS) is 17.1. The second-order valence-corrected chi connectivity index (χ2v) is 12.3. The van der Waals surface area contributed by atoms with Gasteiger partial charge >= 0.3 is 0 Å². The molecule has 1 saturated heterocycles. The number of nitrogens with zero attached hydrogens (tertiary/aromatic N) is 3. The van der Waals surface area contributed by atoms with E-state index in [9.17, 15) is 21.6 Å². The molecular weight excluding hydrogens is 544 g/mol. The van der Waals surface area contributed by atoms with Crippen molar-refractivity contribution in [3.63, 3.8) is 0 Å². The van der Waals surface area contributed by atoms with Crippen LogP contribution >= 0.6 is 0 Å². The summed E-state index contributed by atoms with van der Waals surface area (Å²) in [7, 11) is -5.11. The number of carbonyl (C=O) groups is 1. The highest BCUT2D eigenvalue weighted by atomic mass is 32.2. The predicted molar refractivity (Wildman–Crippen MR) is 145 cm³/mol. The molecule has 39 heavy (non-hydrogen) atoms. The fourth-order valence-electron chi connectivity index (χ4n) is 4.10. The molecule has 3 aromatic rings. The lowest BCUT2D eigenvalue weighted by Crippen LogP contribution is -2.60. The van der Waals surface area contributed by atoms with Gasteiger partial charge in [-0.15, -0.1) is 0 Å². The van der Waals surface area contributed by atoms with Crippen LogP contribution in [0.1, 0.15) is 5.56 Å². The van der Waals surface area contributed by atoms with E-state index in [4.69, 9.17) is 9.47 Å².